The SMILES string of the molecule is O=C1C(=O)N(Cc2cccc(Cl)c2Cl)c2cccc(Br)c21. The number of fused-ring (bicyclic) bond motifs is 1. The van der Waals surface area contributed by atoms with Gasteiger partial charge in [0.05, 0.1) is 27.8 Å². The highest BCUT2D eigenvalue weighted by Gasteiger charge is 2.37. The molecule has 0 aliphatic carbocycles. The first-order chi connectivity index (χ1) is 10.0. The number of amides is 1. The van der Waals surface area contributed by atoms with Gasteiger partial charge in [0.25, 0.3) is 11.7 Å². The number of nitrogens with zero attached hydrogens (tertiary/aromatic N) is 1. The van der Waals surface area contributed by atoms with Gasteiger partial charge in [0.15, 0.2) is 0 Å². The number of hydrogen-bond acceptors (Lipinski definition) is 2. The second kappa shape index (κ2) is 5.44. The molecule has 0 radical (unpaired) electrons. The quantitative estimate of drug-likeness (QED) is 0.715. The van der Waals surface area contributed by atoms with Crippen LogP contribution in [0.15, 0.2) is 40.9 Å². The summed E-state index contributed by atoms with van der Waals surface area (Å²) in [6, 6.07) is 10.5. The Morgan fingerprint density at radius 1 is 1.05 bits per heavy atom. The van der Waals surface area contributed by atoms with Gasteiger partial charge in [0.1, 0.15) is 0 Å². The van der Waals surface area contributed by atoms with Crippen molar-refractivity contribution in [1.29, 1.82) is 0 Å². The molecule has 3 nitrogen and oxygen atoms in total. The summed E-state index contributed by atoms with van der Waals surface area (Å²) >= 11 is 15.4. The molecule has 2 aromatic carbocycles. The van der Waals surface area contributed by atoms with Crippen molar-refractivity contribution in [2.45, 2.75) is 6.54 Å². The molecule has 21 heavy (non-hydrogen) atoms. The lowest BCUT2D eigenvalue weighted by atomic mass is 10.1. The molecule has 106 valence electrons. The molecule has 0 bridgehead atoms. The lowest BCUT2D eigenvalue weighted by Gasteiger charge is -2.17. The summed E-state index contributed by atoms with van der Waals surface area (Å²) in [7, 11) is 0. The second-order valence-electron chi connectivity index (χ2n) is 4.57. The molecule has 0 saturated carbocycles. The van der Waals surface area contributed by atoms with Gasteiger partial charge in [-0.25, -0.2) is 0 Å². The highest BCUT2D eigenvalue weighted by Crippen LogP contribution is 2.36. The fourth-order valence-corrected chi connectivity index (χ4v) is 3.21. The van der Waals surface area contributed by atoms with Crippen molar-refractivity contribution in [3.63, 3.8) is 0 Å². The van der Waals surface area contributed by atoms with E-state index in [2.05, 4.69) is 15.9 Å². The van der Waals surface area contributed by atoms with Crippen LogP contribution >= 0.6 is 39.1 Å². The number of halogens is 3. The summed E-state index contributed by atoms with van der Waals surface area (Å²) < 4.78 is 0.609. The van der Waals surface area contributed by atoms with Crippen molar-refractivity contribution in [3.8, 4) is 0 Å². The third kappa shape index (κ3) is 2.37. The Kier molecular flexibility index (Phi) is 3.78. The minimum absolute atomic E-state index is 0.202. The van der Waals surface area contributed by atoms with E-state index in [1.54, 1.807) is 36.4 Å². The predicted molar refractivity (Wildman–Crippen MR) is 86.1 cm³/mol. The van der Waals surface area contributed by atoms with Crippen LogP contribution in [0.4, 0.5) is 5.69 Å². The molecule has 0 spiro atoms. The fraction of sp³-hybridized carbons (Fsp3) is 0.0667. The van der Waals surface area contributed by atoms with Gasteiger partial charge < -0.3 is 4.90 Å². The lowest BCUT2D eigenvalue weighted by Crippen LogP contribution is -2.29. The number of carbonyl (C=O) groups is 2. The maximum Gasteiger partial charge on any atom is 0.299 e. The highest BCUT2D eigenvalue weighted by molar-refractivity contribution is 9.10. The maximum absolute atomic E-state index is 12.2. The van der Waals surface area contributed by atoms with E-state index in [0.717, 1.165) is 0 Å². The second-order valence-corrected chi connectivity index (χ2v) is 6.21. The van der Waals surface area contributed by atoms with Gasteiger partial charge in [-0.15, -0.1) is 0 Å². The largest absolute Gasteiger partial charge is 0.300 e. The van der Waals surface area contributed by atoms with Crippen LogP contribution in [0.5, 0.6) is 0 Å². The zero-order valence-corrected chi connectivity index (χ0v) is 13.7. The van der Waals surface area contributed by atoms with Crippen molar-refractivity contribution < 1.29 is 9.59 Å². The topological polar surface area (TPSA) is 37.4 Å². The average molecular weight is 385 g/mol. The summed E-state index contributed by atoms with van der Waals surface area (Å²) in [5, 5.41) is 0.810. The minimum atomic E-state index is -0.562. The zero-order valence-electron chi connectivity index (χ0n) is 10.6. The van der Waals surface area contributed by atoms with Crippen LogP contribution in [0.1, 0.15) is 15.9 Å². The van der Waals surface area contributed by atoms with E-state index in [-0.39, 0.29) is 6.54 Å². The smallest absolute Gasteiger partial charge is 0.299 e. The monoisotopic (exact) mass is 383 g/mol. The van der Waals surface area contributed by atoms with Gasteiger partial charge >= 0.3 is 0 Å². The van der Waals surface area contributed by atoms with Gasteiger partial charge in [0.2, 0.25) is 0 Å². The third-order valence-electron chi connectivity index (χ3n) is 3.31. The first-order valence-corrected chi connectivity index (χ1v) is 7.63. The number of benzene rings is 2. The summed E-state index contributed by atoms with van der Waals surface area (Å²) in [6.45, 7) is 0.202. The van der Waals surface area contributed by atoms with Crippen molar-refractivity contribution in [2.24, 2.45) is 0 Å². The van der Waals surface area contributed by atoms with E-state index in [0.29, 0.717) is 31.3 Å². The van der Waals surface area contributed by atoms with Crippen LogP contribution in [-0.2, 0) is 11.3 Å². The number of ketones is 1. The molecule has 0 atom stereocenters. The van der Waals surface area contributed by atoms with E-state index >= 15 is 0 Å². The lowest BCUT2D eigenvalue weighted by molar-refractivity contribution is -0.114. The van der Waals surface area contributed by atoms with Gasteiger partial charge in [-0.05, 0) is 39.7 Å². The molecule has 1 heterocycles. The molecular weight excluding hydrogens is 377 g/mol. The van der Waals surface area contributed by atoms with Crippen molar-refractivity contribution >= 4 is 56.5 Å². The fourth-order valence-electron chi connectivity index (χ4n) is 2.30. The molecule has 0 unspecified atom stereocenters. The molecule has 1 amide bonds. The molecule has 1 aliphatic rings. The Hall–Kier alpha value is -1.36. The van der Waals surface area contributed by atoms with Crippen LogP contribution in [0, 0.1) is 0 Å². The molecule has 1 aliphatic heterocycles. The number of Topliss-reactive ketones (excluding diaryl/α,β-unsaturated/α-hetero) is 1. The molecule has 0 aromatic heterocycles. The number of hydrogen-bond donors (Lipinski definition) is 0. The van der Waals surface area contributed by atoms with Gasteiger partial charge in [-0.1, -0.05) is 41.4 Å². The third-order valence-corrected chi connectivity index (χ3v) is 4.83. The summed E-state index contributed by atoms with van der Waals surface area (Å²) in [5.74, 6) is -1.08. The van der Waals surface area contributed by atoms with Crippen LogP contribution in [0.2, 0.25) is 10.0 Å². The van der Waals surface area contributed by atoms with Crippen LogP contribution in [0.25, 0.3) is 0 Å². The van der Waals surface area contributed by atoms with E-state index in [1.165, 1.54) is 4.90 Å². The Labute approximate surface area is 139 Å². The molecule has 0 fully saturated rings. The van der Waals surface area contributed by atoms with E-state index in [1.807, 2.05) is 0 Å². The Morgan fingerprint density at radius 2 is 1.76 bits per heavy atom. The van der Waals surface area contributed by atoms with Gasteiger partial charge in [0, 0.05) is 4.47 Å². The zero-order chi connectivity index (χ0) is 15.1. The molecule has 0 N–H and O–H groups in total. The van der Waals surface area contributed by atoms with Crippen molar-refractivity contribution in [1.82, 2.24) is 0 Å². The molecule has 2 aromatic rings. The normalized spacial score (nSPS) is 13.8. The van der Waals surface area contributed by atoms with E-state index in [4.69, 9.17) is 23.2 Å². The van der Waals surface area contributed by atoms with Crippen LogP contribution < -0.4 is 4.90 Å². The number of rotatable bonds is 2. The molecular formula is C15H8BrCl2NO2. The number of carbonyl (C=O) groups excluding carboxylic acids is 2. The average Bonchev–Trinajstić information content (AvgIpc) is 2.70. The highest BCUT2D eigenvalue weighted by atomic mass is 79.9. The van der Waals surface area contributed by atoms with Crippen LogP contribution in [0.3, 0.4) is 0 Å². The minimum Gasteiger partial charge on any atom is -0.300 e. The molecule has 3 rings (SSSR count). The van der Waals surface area contributed by atoms with Gasteiger partial charge in [-0.2, -0.15) is 0 Å². The summed E-state index contributed by atoms with van der Waals surface area (Å²) in [5.41, 5.74) is 1.66. The van der Waals surface area contributed by atoms with Crippen molar-refractivity contribution in [3.05, 3.63) is 62.0 Å². The predicted octanol–water partition coefficient (Wildman–Crippen LogP) is 4.49. The Balaban J connectivity index is 2.05. The summed E-state index contributed by atoms with van der Waals surface area (Å²) in [4.78, 5) is 25.7. The molecule has 6 heteroatoms. The summed E-state index contributed by atoms with van der Waals surface area (Å²) in [6.07, 6.45) is 0. The first kappa shape index (κ1) is 14.6. The Morgan fingerprint density at radius 3 is 2.52 bits per heavy atom. The maximum atomic E-state index is 12.2. The van der Waals surface area contributed by atoms with Crippen molar-refractivity contribution in [2.75, 3.05) is 4.90 Å². The molecule has 0 saturated heterocycles. The standard InChI is InChI=1S/C15H8BrCl2NO2/c16-9-4-2-6-11-12(9)14(20)15(21)19(11)7-8-3-1-5-10(17)13(8)18/h1-6H,7H2. The van der Waals surface area contributed by atoms with Crippen LogP contribution in [-0.4, -0.2) is 11.7 Å². The van der Waals surface area contributed by atoms with E-state index < -0.39 is 11.7 Å². The van der Waals surface area contributed by atoms with E-state index in [9.17, 15) is 9.59 Å². The number of anilines is 1. The van der Waals surface area contributed by atoms with Gasteiger partial charge in [-0.3, -0.25) is 9.59 Å². The Bertz CT molecular complexity index is 776. The first-order valence-electron chi connectivity index (χ1n) is 6.08.